The number of amides is 3. The molecule has 0 aromatic rings. The second-order valence-electron chi connectivity index (χ2n) is 5.79. The molecule has 1 fully saturated rings. The molecule has 142 valence electrons. The number of carbonyl (C=O) groups excluding carboxylic acids is 3. The second kappa shape index (κ2) is 9.30. The minimum Gasteiger partial charge on any atom is -0.480 e. The van der Waals surface area contributed by atoms with Crippen LogP contribution in [0.4, 0.5) is 0 Å². The normalized spacial score (nSPS) is 20.5. The third-order valence-electron chi connectivity index (χ3n) is 3.90. The van der Waals surface area contributed by atoms with E-state index in [9.17, 15) is 24.3 Å². The molecule has 0 saturated carbocycles. The highest BCUT2D eigenvalue weighted by molar-refractivity contribution is 5.94. The van der Waals surface area contributed by atoms with Crippen molar-refractivity contribution in [2.45, 2.75) is 43.9 Å². The molecule has 11 heteroatoms. The van der Waals surface area contributed by atoms with Crippen LogP contribution in [-0.2, 0) is 19.2 Å². The quantitative estimate of drug-likeness (QED) is 0.256. The Labute approximate surface area is 144 Å². The standard InChI is InChI=1S/C14H24N4O7/c1-7(14(24)25)16-12(22)10-3-2-4-18(10)13(23)9(6-20)17-11(21)8(15)5-19/h7-10,19-20H,2-6,15H2,1H3,(H,16,22)(H,17,21)(H,24,25). The molecule has 0 spiro atoms. The van der Waals surface area contributed by atoms with Gasteiger partial charge in [0.25, 0.3) is 0 Å². The molecule has 0 radical (unpaired) electrons. The first-order valence-electron chi connectivity index (χ1n) is 7.84. The minimum absolute atomic E-state index is 0.233. The number of nitrogens with one attached hydrogen (secondary N) is 2. The number of aliphatic hydroxyl groups excluding tert-OH is 2. The molecule has 4 atom stereocenters. The van der Waals surface area contributed by atoms with Crippen LogP contribution in [0.3, 0.4) is 0 Å². The SMILES string of the molecule is CC(NC(=O)C1CCCN1C(=O)C(CO)NC(=O)C(N)CO)C(=O)O. The van der Waals surface area contributed by atoms with Crippen LogP contribution in [0.5, 0.6) is 0 Å². The van der Waals surface area contributed by atoms with Gasteiger partial charge in [0.05, 0.1) is 13.2 Å². The van der Waals surface area contributed by atoms with Crippen LogP contribution in [0.1, 0.15) is 19.8 Å². The molecule has 4 unspecified atom stereocenters. The molecule has 0 aromatic heterocycles. The number of rotatable bonds is 8. The molecule has 11 nitrogen and oxygen atoms in total. The number of carboxylic acids is 1. The maximum atomic E-state index is 12.5. The molecule has 0 aromatic carbocycles. The Hall–Kier alpha value is -2.24. The number of aliphatic hydroxyl groups is 2. The zero-order valence-electron chi connectivity index (χ0n) is 13.8. The van der Waals surface area contributed by atoms with E-state index in [1.54, 1.807) is 0 Å². The van der Waals surface area contributed by atoms with Gasteiger partial charge in [0, 0.05) is 6.54 Å². The topological polar surface area (TPSA) is 182 Å². The summed E-state index contributed by atoms with van der Waals surface area (Å²) in [5.74, 6) is -3.31. The smallest absolute Gasteiger partial charge is 0.325 e. The van der Waals surface area contributed by atoms with Gasteiger partial charge < -0.3 is 36.6 Å². The molecule has 1 saturated heterocycles. The summed E-state index contributed by atoms with van der Waals surface area (Å²) in [6, 6.07) is -4.54. The van der Waals surface area contributed by atoms with Crippen LogP contribution in [0, 0.1) is 0 Å². The van der Waals surface area contributed by atoms with E-state index in [1.807, 2.05) is 0 Å². The first kappa shape index (κ1) is 20.8. The van der Waals surface area contributed by atoms with E-state index in [0.29, 0.717) is 12.8 Å². The number of likely N-dealkylation sites (tertiary alicyclic amines) is 1. The maximum Gasteiger partial charge on any atom is 0.325 e. The van der Waals surface area contributed by atoms with E-state index in [2.05, 4.69) is 10.6 Å². The maximum absolute atomic E-state index is 12.5. The monoisotopic (exact) mass is 360 g/mol. The lowest BCUT2D eigenvalue weighted by atomic mass is 10.1. The van der Waals surface area contributed by atoms with Gasteiger partial charge in [-0.3, -0.25) is 19.2 Å². The summed E-state index contributed by atoms with van der Waals surface area (Å²) in [6.07, 6.45) is 0.861. The van der Waals surface area contributed by atoms with Crippen molar-refractivity contribution < 1.29 is 34.5 Å². The molecular formula is C14H24N4O7. The van der Waals surface area contributed by atoms with Crippen molar-refractivity contribution in [1.29, 1.82) is 0 Å². The number of carboxylic acid groups (broad SMARTS) is 1. The Bertz CT molecular complexity index is 527. The Morgan fingerprint density at radius 2 is 1.84 bits per heavy atom. The highest BCUT2D eigenvalue weighted by Gasteiger charge is 2.38. The molecule has 1 aliphatic rings. The number of aliphatic carboxylic acids is 1. The lowest BCUT2D eigenvalue weighted by Crippen LogP contribution is -2.58. The predicted octanol–water partition coefficient (Wildman–Crippen LogP) is -3.64. The summed E-state index contributed by atoms with van der Waals surface area (Å²) in [4.78, 5) is 48.4. The molecule has 1 rings (SSSR count). The van der Waals surface area contributed by atoms with Gasteiger partial charge >= 0.3 is 5.97 Å². The average Bonchev–Trinajstić information content (AvgIpc) is 3.07. The first-order chi connectivity index (χ1) is 11.7. The molecule has 1 heterocycles. The molecule has 25 heavy (non-hydrogen) atoms. The van der Waals surface area contributed by atoms with Crippen LogP contribution < -0.4 is 16.4 Å². The van der Waals surface area contributed by atoms with Crippen molar-refractivity contribution in [3.63, 3.8) is 0 Å². The van der Waals surface area contributed by atoms with Gasteiger partial charge in [-0.1, -0.05) is 0 Å². The third kappa shape index (κ3) is 5.37. The fourth-order valence-corrected chi connectivity index (χ4v) is 2.42. The van der Waals surface area contributed by atoms with Crippen LogP contribution in [0.25, 0.3) is 0 Å². The molecule has 1 aliphatic heterocycles. The van der Waals surface area contributed by atoms with Crippen LogP contribution >= 0.6 is 0 Å². The van der Waals surface area contributed by atoms with Gasteiger partial charge in [-0.25, -0.2) is 0 Å². The number of nitrogens with two attached hydrogens (primary N) is 1. The zero-order valence-corrected chi connectivity index (χ0v) is 13.8. The number of nitrogens with zero attached hydrogens (tertiary/aromatic N) is 1. The summed E-state index contributed by atoms with van der Waals surface area (Å²) in [7, 11) is 0. The van der Waals surface area contributed by atoms with Crippen LogP contribution in [0.2, 0.25) is 0 Å². The summed E-state index contributed by atoms with van der Waals surface area (Å²) < 4.78 is 0. The lowest BCUT2D eigenvalue weighted by molar-refractivity contribution is -0.145. The van der Waals surface area contributed by atoms with Gasteiger partial charge in [-0.2, -0.15) is 0 Å². The van der Waals surface area contributed by atoms with E-state index in [1.165, 1.54) is 11.8 Å². The van der Waals surface area contributed by atoms with Crippen molar-refractivity contribution in [3.05, 3.63) is 0 Å². The van der Waals surface area contributed by atoms with E-state index in [4.69, 9.17) is 15.9 Å². The fraction of sp³-hybridized carbons (Fsp3) is 0.714. The van der Waals surface area contributed by atoms with E-state index in [-0.39, 0.29) is 6.54 Å². The second-order valence-corrected chi connectivity index (χ2v) is 5.79. The molecule has 3 amide bonds. The van der Waals surface area contributed by atoms with Gasteiger partial charge in [0.1, 0.15) is 24.2 Å². The minimum atomic E-state index is -1.31. The zero-order chi connectivity index (χ0) is 19.1. The number of hydrogen-bond donors (Lipinski definition) is 6. The third-order valence-corrected chi connectivity index (χ3v) is 3.90. The Kier molecular flexibility index (Phi) is 7.74. The predicted molar refractivity (Wildman–Crippen MR) is 84.1 cm³/mol. The largest absolute Gasteiger partial charge is 0.480 e. The van der Waals surface area contributed by atoms with Crippen LogP contribution in [0.15, 0.2) is 0 Å². The van der Waals surface area contributed by atoms with Gasteiger partial charge in [0.15, 0.2) is 0 Å². The van der Waals surface area contributed by atoms with Crippen molar-refractivity contribution in [1.82, 2.24) is 15.5 Å². The number of carbonyl (C=O) groups is 4. The van der Waals surface area contributed by atoms with E-state index >= 15 is 0 Å². The van der Waals surface area contributed by atoms with Gasteiger partial charge in [-0.15, -0.1) is 0 Å². The van der Waals surface area contributed by atoms with Gasteiger partial charge in [-0.05, 0) is 19.8 Å². The lowest BCUT2D eigenvalue weighted by Gasteiger charge is -2.28. The summed E-state index contributed by atoms with van der Waals surface area (Å²) in [6.45, 7) is 0.199. The molecule has 0 aliphatic carbocycles. The average molecular weight is 360 g/mol. The van der Waals surface area contributed by atoms with Crippen molar-refractivity contribution in [2.75, 3.05) is 19.8 Å². The Morgan fingerprint density at radius 1 is 1.20 bits per heavy atom. The molecule has 7 N–H and O–H groups in total. The highest BCUT2D eigenvalue weighted by Crippen LogP contribution is 2.18. The van der Waals surface area contributed by atoms with Crippen LogP contribution in [-0.4, -0.2) is 87.8 Å². The Balaban J connectivity index is 2.78. The Morgan fingerprint density at radius 3 is 2.36 bits per heavy atom. The van der Waals surface area contributed by atoms with E-state index < -0.39 is 61.1 Å². The molecule has 0 bridgehead atoms. The van der Waals surface area contributed by atoms with Crippen molar-refractivity contribution >= 4 is 23.7 Å². The summed E-state index contributed by atoms with van der Waals surface area (Å²) in [5, 5.41) is 31.6. The fourth-order valence-electron chi connectivity index (χ4n) is 2.42. The van der Waals surface area contributed by atoms with Crippen molar-refractivity contribution in [2.24, 2.45) is 5.73 Å². The first-order valence-corrected chi connectivity index (χ1v) is 7.84. The van der Waals surface area contributed by atoms with E-state index in [0.717, 1.165) is 0 Å². The summed E-state index contributed by atoms with van der Waals surface area (Å²) in [5.41, 5.74) is 5.34. The number of hydrogen-bond acceptors (Lipinski definition) is 7. The summed E-state index contributed by atoms with van der Waals surface area (Å²) >= 11 is 0. The van der Waals surface area contributed by atoms with Gasteiger partial charge in [0.2, 0.25) is 17.7 Å². The molecular weight excluding hydrogens is 336 g/mol. The highest BCUT2D eigenvalue weighted by atomic mass is 16.4. The van der Waals surface area contributed by atoms with Crippen molar-refractivity contribution in [3.8, 4) is 0 Å².